The number of halogens is 2. The first kappa shape index (κ1) is 10.2. The Balaban J connectivity index is 3.41. The SMILES string of the molecule is Nc1ncc(C(=O)O)c(N)c1C(F)F. The number of anilines is 2. The highest BCUT2D eigenvalue weighted by molar-refractivity contribution is 5.94. The molecular weight excluding hydrogens is 196 g/mol. The average molecular weight is 203 g/mol. The first-order valence-corrected chi connectivity index (χ1v) is 3.50. The molecule has 0 saturated heterocycles. The molecule has 0 fully saturated rings. The van der Waals surface area contributed by atoms with Crippen molar-refractivity contribution in [2.45, 2.75) is 6.43 Å². The molecule has 0 atom stereocenters. The Hall–Kier alpha value is -1.92. The van der Waals surface area contributed by atoms with Gasteiger partial charge in [-0.1, -0.05) is 0 Å². The fourth-order valence-corrected chi connectivity index (χ4v) is 0.956. The molecule has 0 aliphatic rings. The third-order valence-electron chi connectivity index (χ3n) is 1.64. The summed E-state index contributed by atoms with van der Waals surface area (Å²) in [5.74, 6) is -1.88. The van der Waals surface area contributed by atoms with Crippen LogP contribution in [0.3, 0.4) is 0 Å². The van der Waals surface area contributed by atoms with Crippen molar-refractivity contribution in [1.29, 1.82) is 0 Å². The van der Waals surface area contributed by atoms with Gasteiger partial charge in [-0.15, -0.1) is 0 Å². The van der Waals surface area contributed by atoms with Crippen LogP contribution in [0.5, 0.6) is 0 Å². The smallest absolute Gasteiger partial charge is 0.339 e. The maximum absolute atomic E-state index is 12.3. The van der Waals surface area contributed by atoms with Gasteiger partial charge in [0, 0.05) is 6.20 Å². The van der Waals surface area contributed by atoms with E-state index in [1.54, 1.807) is 0 Å². The van der Waals surface area contributed by atoms with Crippen LogP contribution in [-0.4, -0.2) is 16.1 Å². The van der Waals surface area contributed by atoms with E-state index in [9.17, 15) is 13.6 Å². The lowest BCUT2D eigenvalue weighted by Crippen LogP contribution is -2.10. The molecule has 1 heterocycles. The summed E-state index contributed by atoms with van der Waals surface area (Å²) in [6.45, 7) is 0. The molecule has 0 unspecified atom stereocenters. The number of pyridine rings is 1. The molecule has 0 radical (unpaired) electrons. The second-order valence-electron chi connectivity index (χ2n) is 2.49. The van der Waals surface area contributed by atoms with Gasteiger partial charge >= 0.3 is 5.97 Å². The van der Waals surface area contributed by atoms with Gasteiger partial charge in [-0.05, 0) is 0 Å². The standard InChI is InChI=1S/C7H7F2N3O2/c8-5(9)3-4(10)2(7(13)14)1-12-6(3)11/h1,5H,(H,13,14)(H4,10,11,12). The monoisotopic (exact) mass is 203 g/mol. The Morgan fingerprint density at radius 3 is 2.50 bits per heavy atom. The summed E-state index contributed by atoms with van der Waals surface area (Å²) in [6, 6.07) is 0. The van der Waals surface area contributed by atoms with Gasteiger partial charge in [0.1, 0.15) is 11.4 Å². The van der Waals surface area contributed by atoms with Crippen molar-refractivity contribution in [3.63, 3.8) is 0 Å². The largest absolute Gasteiger partial charge is 0.478 e. The molecule has 5 nitrogen and oxygen atoms in total. The van der Waals surface area contributed by atoms with E-state index in [0.717, 1.165) is 6.20 Å². The predicted octanol–water partition coefficient (Wildman–Crippen LogP) is 0.882. The molecule has 14 heavy (non-hydrogen) atoms. The topological polar surface area (TPSA) is 102 Å². The zero-order chi connectivity index (χ0) is 10.9. The number of carbonyl (C=O) groups is 1. The number of hydrogen-bond acceptors (Lipinski definition) is 4. The Morgan fingerprint density at radius 2 is 2.07 bits per heavy atom. The quantitative estimate of drug-likeness (QED) is 0.662. The average Bonchev–Trinajstić information content (AvgIpc) is 2.02. The summed E-state index contributed by atoms with van der Waals surface area (Å²) >= 11 is 0. The molecule has 7 heteroatoms. The number of aromatic carboxylic acids is 1. The summed E-state index contributed by atoms with van der Waals surface area (Å²) in [6.07, 6.45) is -2.10. The number of hydrogen-bond donors (Lipinski definition) is 3. The molecule has 1 rings (SSSR count). The van der Waals surface area contributed by atoms with Gasteiger partial charge in [-0.2, -0.15) is 0 Å². The van der Waals surface area contributed by atoms with Crippen molar-refractivity contribution in [3.8, 4) is 0 Å². The van der Waals surface area contributed by atoms with Crippen LogP contribution in [0.15, 0.2) is 6.20 Å². The minimum atomic E-state index is -2.94. The Kier molecular flexibility index (Phi) is 2.50. The maximum Gasteiger partial charge on any atom is 0.339 e. The Labute approximate surface area is 77.3 Å². The van der Waals surface area contributed by atoms with Crippen LogP contribution >= 0.6 is 0 Å². The number of nitrogens with zero attached hydrogens (tertiary/aromatic N) is 1. The van der Waals surface area contributed by atoms with E-state index >= 15 is 0 Å². The molecule has 0 bridgehead atoms. The van der Waals surface area contributed by atoms with Crippen LogP contribution in [0.4, 0.5) is 20.3 Å². The molecule has 0 spiro atoms. The van der Waals surface area contributed by atoms with Crippen molar-refractivity contribution in [1.82, 2.24) is 4.98 Å². The summed E-state index contributed by atoms with van der Waals surface area (Å²) < 4.78 is 24.7. The highest BCUT2D eigenvalue weighted by Crippen LogP contribution is 2.31. The van der Waals surface area contributed by atoms with E-state index in [0.29, 0.717) is 0 Å². The molecule has 1 aromatic heterocycles. The molecule has 76 valence electrons. The van der Waals surface area contributed by atoms with E-state index in [4.69, 9.17) is 16.6 Å². The van der Waals surface area contributed by atoms with Gasteiger partial charge < -0.3 is 16.6 Å². The number of nitrogen functional groups attached to an aromatic ring is 2. The number of alkyl halides is 2. The normalized spacial score (nSPS) is 10.5. The summed E-state index contributed by atoms with van der Waals surface area (Å²) in [4.78, 5) is 13.8. The molecule has 0 aliphatic carbocycles. The van der Waals surface area contributed by atoms with Gasteiger partial charge in [0.25, 0.3) is 6.43 Å². The molecule has 1 aromatic rings. The second kappa shape index (κ2) is 3.44. The van der Waals surface area contributed by atoms with Gasteiger partial charge in [-0.3, -0.25) is 0 Å². The predicted molar refractivity (Wildman–Crippen MR) is 45.0 cm³/mol. The summed E-state index contributed by atoms with van der Waals surface area (Å²) in [5, 5.41) is 8.56. The van der Waals surface area contributed by atoms with E-state index in [1.165, 1.54) is 0 Å². The van der Waals surface area contributed by atoms with Crippen molar-refractivity contribution in [3.05, 3.63) is 17.3 Å². The zero-order valence-electron chi connectivity index (χ0n) is 6.87. The van der Waals surface area contributed by atoms with Gasteiger partial charge in [0.05, 0.1) is 11.3 Å². The van der Waals surface area contributed by atoms with E-state index in [-0.39, 0.29) is 0 Å². The highest BCUT2D eigenvalue weighted by Gasteiger charge is 2.21. The van der Waals surface area contributed by atoms with Gasteiger partial charge in [0.2, 0.25) is 0 Å². The van der Waals surface area contributed by atoms with E-state index in [1.807, 2.05) is 0 Å². The number of rotatable bonds is 2. The zero-order valence-corrected chi connectivity index (χ0v) is 6.87. The summed E-state index contributed by atoms with van der Waals surface area (Å²) in [7, 11) is 0. The second-order valence-corrected chi connectivity index (χ2v) is 2.49. The molecule has 5 N–H and O–H groups in total. The number of nitrogens with two attached hydrogens (primary N) is 2. The van der Waals surface area contributed by atoms with Crippen LogP contribution < -0.4 is 11.5 Å². The fraction of sp³-hybridized carbons (Fsp3) is 0.143. The molecule has 0 aromatic carbocycles. The molecular formula is C7H7F2N3O2. The minimum absolute atomic E-state index is 0.456. The lowest BCUT2D eigenvalue weighted by atomic mass is 10.1. The van der Waals surface area contributed by atoms with Crippen LogP contribution in [0.25, 0.3) is 0 Å². The van der Waals surface area contributed by atoms with E-state index in [2.05, 4.69) is 4.98 Å². The molecule has 0 saturated carbocycles. The Morgan fingerprint density at radius 1 is 1.50 bits per heavy atom. The first-order valence-electron chi connectivity index (χ1n) is 3.50. The van der Waals surface area contributed by atoms with Crippen molar-refractivity contribution >= 4 is 17.5 Å². The van der Waals surface area contributed by atoms with Gasteiger partial charge in [-0.25, -0.2) is 18.6 Å². The molecule has 0 aliphatic heterocycles. The van der Waals surface area contributed by atoms with Crippen molar-refractivity contribution in [2.24, 2.45) is 0 Å². The number of aromatic nitrogens is 1. The van der Waals surface area contributed by atoms with E-state index < -0.39 is 35.0 Å². The first-order chi connectivity index (χ1) is 6.45. The Bertz CT molecular complexity index is 381. The minimum Gasteiger partial charge on any atom is -0.478 e. The third kappa shape index (κ3) is 1.56. The van der Waals surface area contributed by atoms with Crippen LogP contribution in [-0.2, 0) is 0 Å². The third-order valence-corrected chi connectivity index (χ3v) is 1.64. The molecule has 0 amide bonds. The van der Waals surface area contributed by atoms with Crippen molar-refractivity contribution in [2.75, 3.05) is 11.5 Å². The van der Waals surface area contributed by atoms with Crippen LogP contribution in [0.1, 0.15) is 22.3 Å². The van der Waals surface area contributed by atoms with Crippen molar-refractivity contribution < 1.29 is 18.7 Å². The summed E-state index contributed by atoms with van der Waals surface area (Å²) in [5.41, 5.74) is 8.58. The fourth-order valence-electron chi connectivity index (χ4n) is 0.956. The number of carboxylic acid groups (broad SMARTS) is 1. The van der Waals surface area contributed by atoms with Crippen LogP contribution in [0.2, 0.25) is 0 Å². The van der Waals surface area contributed by atoms with Crippen LogP contribution in [0, 0.1) is 0 Å². The lowest BCUT2D eigenvalue weighted by molar-refractivity contribution is 0.0697. The number of carboxylic acids is 1. The lowest BCUT2D eigenvalue weighted by Gasteiger charge is -2.09. The van der Waals surface area contributed by atoms with Gasteiger partial charge in [0.15, 0.2) is 0 Å². The maximum atomic E-state index is 12.3. The highest BCUT2D eigenvalue weighted by atomic mass is 19.3.